The van der Waals surface area contributed by atoms with Gasteiger partial charge >= 0.3 is 32.2 Å². The highest BCUT2D eigenvalue weighted by Gasteiger charge is 2.31. The van der Waals surface area contributed by atoms with E-state index in [1.165, 1.54) is 6.92 Å². The van der Waals surface area contributed by atoms with Crippen LogP contribution >= 0.6 is 8.18 Å². The van der Waals surface area contributed by atoms with Crippen LogP contribution in [0.3, 0.4) is 0 Å². The molecule has 0 spiro atoms. The van der Waals surface area contributed by atoms with Crippen LogP contribution in [0.4, 0.5) is 0 Å². The third-order valence-electron chi connectivity index (χ3n) is 2.41. The van der Waals surface area contributed by atoms with Gasteiger partial charge in [-0.05, 0) is 48.5 Å². The van der Waals surface area contributed by atoms with Crippen LogP contribution in [0.1, 0.15) is 48.5 Å². The van der Waals surface area contributed by atoms with Gasteiger partial charge in [-0.3, -0.25) is 4.79 Å². The molecule has 0 saturated heterocycles. The SMILES string of the molecule is CCOc1nc(O[P+](=O)N[C@@H](C)C(=O)OC(C)C)nc(OC(C)(C)C)n1. The summed E-state index contributed by atoms with van der Waals surface area (Å²) in [5.74, 6) is -0.547. The van der Waals surface area contributed by atoms with Crippen molar-refractivity contribution >= 4 is 14.1 Å². The fourth-order valence-corrected chi connectivity index (χ4v) is 2.22. The van der Waals surface area contributed by atoms with Crippen molar-refractivity contribution in [2.24, 2.45) is 0 Å². The van der Waals surface area contributed by atoms with Gasteiger partial charge in [0.15, 0.2) is 0 Å². The van der Waals surface area contributed by atoms with Crippen molar-refractivity contribution in [3.05, 3.63) is 0 Å². The van der Waals surface area contributed by atoms with E-state index < -0.39 is 25.8 Å². The Labute approximate surface area is 153 Å². The number of carbonyl (C=O) groups is 1. The van der Waals surface area contributed by atoms with E-state index >= 15 is 0 Å². The molecule has 0 aliphatic carbocycles. The van der Waals surface area contributed by atoms with E-state index in [1.54, 1.807) is 20.8 Å². The zero-order chi connectivity index (χ0) is 19.9. The normalized spacial score (nSPS) is 13.2. The maximum absolute atomic E-state index is 12.1. The molecule has 0 aliphatic heterocycles. The molecule has 0 radical (unpaired) electrons. The second-order valence-corrected chi connectivity index (χ2v) is 7.47. The molecule has 10 nitrogen and oxygen atoms in total. The molecule has 1 aromatic heterocycles. The van der Waals surface area contributed by atoms with Gasteiger partial charge < -0.3 is 14.2 Å². The lowest BCUT2D eigenvalue weighted by Crippen LogP contribution is -2.33. The van der Waals surface area contributed by atoms with E-state index in [1.807, 2.05) is 20.8 Å². The lowest BCUT2D eigenvalue weighted by atomic mass is 10.2. The molecule has 1 aromatic rings. The minimum atomic E-state index is -2.49. The fraction of sp³-hybridized carbons (Fsp3) is 0.733. The lowest BCUT2D eigenvalue weighted by molar-refractivity contribution is -0.148. The number of aromatic nitrogens is 3. The highest BCUT2D eigenvalue weighted by Crippen LogP contribution is 2.25. The summed E-state index contributed by atoms with van der Waals surface area (Å²) in [5.41, 5.74) is -0.558. The Hall–Kier alpha value is -2.06. The Morgan fingerprint density at radius 1 is 1.12 bits per heavy atom. The fourth-order valence-electron chi connectivity index (χ4n) is 1.52. The predicted octanol–water partition coefficient (Wildman–Crippen LogP) is 2.41. The molecule has 0 saturated carbocycles. The largest absolute Gasteiger partial charge is 0.667 e. The molecular weight excluding hydrogens is 363 g/mol. The van der Waals surface area contributed by atoms with Gasteiger partial charge in [0.05, 0.1) is 12.7 Å². The van der Waals surface area contributed by atoms with Gasteiger partial charge in [-0.15, -0.1) is 15.0 Å². The molecule has 2 atom stereocenters. The summed E-state index contributed by atoms with van der Waals surface area (Å²) >= 11 is 0. The second-order valence-electron chi connectivity index (χ2n) is 6.52. The van der Waals surface area contributed by atoms with Crippen LogP contribution in [0.15, 0.2) is 0 Å². The molecule has 1 N–H and O–H groups in total. The molecule has 11 heteroatoms. The number of nitrogens with one attached hydrogen (secondary N) is 1. The van der Waals surface area contributed by atoms with Crippen molar-refractivity contribution in [2.75, 3.05) is 6.61 Å². The summed E-state index contributed by atoms with van der Waals surface area (Å²) in [4.78, 5) is 23.6. The summed E-state index contributed by atoms with van der Waals surface area (Å²) in [7, 11) is -2.49. The van der Waals surface area contributed by atoms with Crippen LogP contribution in [0.2, 0.25) is 0 Å². The molecule has 1 heterocycles. The number of rotatable bonds is 9. The molecule has 26 heavy (non-hydrogen) atoms. The van der Waals surface area contributed by atoms with Gasteiger partial charge in [-0.1, -0.05) is 5.09 Å². The van der Waals surface area contributed by atoms with Gasteiger partial charge in [0.25, 0.3) is 0 Å². The minimum absolute atomic E-state index is 0.0209. The van der Waals surface area contributed by atoms with Gasteiger partial charge in [-0.2, -0.15) is 4.52 Å². The zero-order valence-corrected chi connectivity index (χ0v) is 17.0. The zero-order valence-electron chi connectivity index (χ0n) is 16.1. The van der Waals surface area contributed by atoms with Crippen LogP contribution in [0, 0.1) is 0 Å². The van der Waals surface area contributed by atoms with E-state index in [0.717, 1.165) is 0 Å². The maximum atomic E-state index is 12.1. The van der Waals surface area contributed by atoms with Gasteiger partial charge in [0.1, 0.15) is 11.6 Å². The second kappa shape index (κ2) is 9.59. The minimum Gasteiger partial charge on any atom is -0.464 e. The molecule has 146 valence electrons. The summed E-state index contributed by atoms with van der Waals surface area (Å²) in [6.45, 7) is 12.5. The van der Waals surface area contributed by atoms with Crippen LogP contribution < -0.4 is 19.1 Å². The maximum Gasteiger partial charge on any atom is 0.667 e. The summed E-state index contributed by atoms with van der Waals surface area (Å²) in [6.07, 6.45) is -0.278. The average Bonchev–Trinajstić information content (AvgIpc) is 2.44. The lowest BCUT2D eigenvalue weighted by Gasteiger charge is -2.19. The van der Waals surface area contributed by atoms with Crippen LogP contribution in [0.25, 0.3) is 0 Å². The number of hydrogen-bond acceptors (Lipinski definition) is 9. The number of ether oxygens (including phenoxy) is 3. The monoisotopic (exact) mass is 389 g/mol. The van der Waals surface area contributed by atoms with Crippen molar-refractivity contribution in [3.8, 4) is 18.0 Å². The topological polar surface area (TPSA) is 122 Å². The molecule has 1 rings (SSSR count). The summed E-state index contributed by atoms with van der Waals surface area (Å²) in [6, 6.07) is -1.13. The smallest absolute Gasteiger partial charge is 0.464 e. The number of esters is 1. The van der Waals surface area contributed by atoms with Crippen LogP contribution in [-0.2, 0) is 14.1 Å². The van der Waals surface area contributed by atoms with Gasteiger partial charge in [0.2, 0.25) is 0 Å². The first-order chi connectivity index (χ1) is 12.0. The molecule has 0 bridgehead atoms. The Morgan fingerprint density at radius 3 is 2.23 bits per heavy atom. The van der Waals surface area contributed by atoms with E-state index in [-0.39, 0.29) is 24.1 Å². The van der Waals surface area contributed by atoms with Crippen molar-refractivity contribution < 1.29 is 28.1 Å². The van der Waals surface area contributed by atoms with Crippen molar-refractivity contribution in [3.63, 3.8) is 0 Å². The Balaban J connectivity index is 2.83. The number of hydrogen-bond donors (Lipinski definition) is 1. The predicted molar refractivity (Wildman–Crippen MR) is 93.4 cm³/mol. The van der Waals surface area contributed by atoms with Crippen molar-refractivity contribution in [1.82, 2.24) is 20.0 Å². The number of nitrogens with zero attached hydrogens (tertiary/aromatic N) is 3. The van der Waals surface area contributed by atoms with Crippen LogP contribution in [0.5, 0.6) is 18.0 Å². The summed E-state index contributed by atoms with van der Waals surface area (Å²) in [5, 5.41) is 2.48. The highest BCUT2D eigenvalue weighted by molar-refractivity contribution is 7.37. The molecule has 0 aliphatic rings. The van der Waals surface area contributed by atoms with E-state index in [9.17, 15) is 9.36 Å². The first kappa shape index (κ1) is 22.0. The summed E-state index contributed by atoms with van der Waals surface area (Å²) < 4.78 is 33.1. The van der Waals surface area contributed by atoms with E-state index in [2.05, 4.69) is 20.0 Å². The van der Waals surface area contributed by atoms with Gasteiger partial charge in [0, 0.05) is 4.57 Å². The molecule has 0 aromatic carbocycles. The molecule has 0 amide bonds. The van der Waals surface area contributed by atoms with E-state index in [4.69, 9.17) is 18.7 Å². The van der Waals surface area contributed by atoms with Crippen molar-refractivity contribution in [2.45, 2.75) is 66.2 Å². The molecule has 0 fully saturated rings. The molecule has 1 unspecified atom stereocenters. The highest BCUT2D eigenvalue weighted by atomic mass is 31.1. The Bertz CT molecular complexity index is 635. The Morgan fingerprint density at radius 2 is 1.69 bits per heavy atom. The quantitative estimate of drug-likeness (QED) is 0.497. The van der Waals surface area contributed by atoms with Crippen LogP contribution in [-0.4, -0.2) is 45.3 Å². The van der Waals surface area contributed by atoms with Crippen molar-refractivity contribution in [1.29, 1.82) is 0 Å². The Kier molecular flexibility index (Phi) is 8.10. The van der Waals surface area contributed by atoms with E-state index in [0.29, 0.717) is 6.61 Å². The average molecular weight is 389 g/mol. The first-order valence-electron chi connectivity index (χ1n) is 8.20. The molecular formula is C15H26N4O6P+. The number of carbonyl (C=O) groups excluding carboxylic acids is 1. The third-order valence-corrected chi connectivity index (χ3v) is 3.34. The standard InChI is InChI=1S/C15H26N4O6P/c1-8-22-12-16-13(24-15(5,6)7)18-14(17-12)25-26(21)19-10(4)11(20)23-9(2)3/h9-10H,8H2,1-7H3,(H,19,21)/q+1/t10-/m0/s1. The first-order valence-corrected chi connectivity index (χ1v) is 9.37. The third kappa shape index (κ3) is 8.35. The van der Waals surface area contributed by atoms with Gasteiger partial charge in [-0.25, -0.2) is 0 Å².